The number of amides is 4. The number of rotatable bonds is 8. The van der Waals surface area contributed by atoms with Crippen molar-refractivity contribution in [1.29, 1.82) is 0 Å². The van der Waals surface area contributed by atoms with E-state index >= 15 is 0 Å². The molecule has 4 amide bonds. The van der Waals surface area contributed by atoms with Crippen LogP contribution in [-0.2, 0) is 19.2 Å². The lowest BCUT2D eigenvalue weighted by Crippen LogP contribution is -2.47. The number of piperazine rings is 1. The summed E-state index contributed by atoms with van der Waals surface area (Å²) in [5, 5.41) is 6.67. The summed E-state index contributed by atoms with van der Waals surface area (Å²) >= 11 is 0. The van der Waals surface area contributed by atoms with Gasteiger partial charge in [0.1, 0.15) is 6.04 Å². The molecule has 39 heavy (non-hydrogen) atoms. The molecule has 218 valence electrons. The van der Waals surface area contributed by atoms with Crippen molar-refractivity contribution in [2.45, 2.75) is 45.0 Å². The molecule has 1 aromatic rings. The first-order valence-electron chi connectivity index (χ1n) is 12.6. The number of likely N-dealkylation sites (N-methyl/N-ethyl adjacent to an activating group) is 1. The number of hydrogen-bond acceptors (Lipinski definition) is 9. The van der Waals surface area contributed by atoms with Gasteiger partial charge in [0.05, 0.1) is 12.5 Å². The van der Waals surface area contributed by atoms with E-state index in [4.69, 9.17) is 9.57 Å². The minimum Gasteiger partial charge on any atom is -0.463 e. The highest BCUT2D eigenvalue weighted by Crippen LogP contribution is 2.31. The third kappa shape index (κ3) is 8.83. The molecular weight excluding hydrogens is 553 g/mol. The van der Waals surface area contributed by atoms with Crippen molar-refractivity contribution in [3.63, 3.8) is 0 Å². The van der Waals surface area contributed by atoms with Gasteiger partial charge in [-0.2, -0.15) is 5.43 Å². The first kappa shape index (κ1) is 32.4. The molecule has 4 rings (SSSR count). The van der Waals surface area contributed by atoms with E-state index in [0.29, 0.717) is 26.1 Å². The Morgan fingerprint density at radius 2 is 1.72 bits per heavy atom. The van der Waals surface area contributed by atoms with Crippen LogP contribution < -0.4 is 21.0 Å². The van der Waals surface area contributed by atoms with Gasteiger partial charge < -0.3 is 34.9 Å². The van der Waals surface area contributed by atoms with Crippen LogP contribution >= 0.6 is 24.8 Å². The Balaban J connectivity index is 0.00000267. The molecule has 0 saturated carbocycles. The number of hydrazine groups is 1. The van der Waals surface area contributed by atoms with Crippen LogP contribution in [-0.4, -0.2) is 97.4 Å². The van der Waals surface area contributed by atoms with E-state index in [1.54, 1.807) is 23.6 Å². The number of nitrogens with zero attached hydrogens (tertiary/aromatic N) is 4. The van der Waals surface area contributed by atoms with Crippen LogP contribution in [0.1, 0.15) is 38.4 Å². The van der Waals surface area contributed by atoms with Crippen LogP contribution in [0.15, 0.2) is 24.3 Å². The topological polar surface area (TPSA) is 145 Å². The molecule has 0 aromatic heterocycles. The van der Waals surface area contributed by atoms with Crippen molar-refractivity contribution in [2.75, 3.05) is 51.2 Å². The predicted octanol–water partition coefficient (Wildman–Crippen LogP) is 1.39. The maximum absolute atomic E-state index is 12.8. The molecule has 3 fully saturated rings. The summed E-state index contributed by atoms with van der Waals surface area (Å²) in [6.07, 6.45) is -0.285. The third-order valence-electron chi connectivity index (χ3n) is 6.37. The van der Waals surface area contributed by atoms with Crippen molar-refractivity contribution in [1.82, 2.24) is 31.0 Å². The number of nitrogens with one attached hydrogen (secondary N) is 3. The van der Waals surface area contributed by atoms with E-state index in [-0.39, 0.29) is 68.0 Å². The molecule has 15 heteroatoms. The molecule has 0 spiro atoms. The normalized spacial score (nSPS) is 22.5. The van der Waals surface area contributed by atoms with Crippen LogP contribution in [0.2, 0.25) is 0 Å². The predicted molar refractivity (Wildman–Crippen MR) is 147 cm³/mol. The van der Waals surface area contributed by atoms with Gasteiger partial charge in [-0.05, 0) is 50.2 Å². The summed E-state index contributed by atoms with van der Waals surface area (Å²) in [5.41, 5.74) is 4.63. The first-order chi connectivity index (χ1) is 17.7. The number of hydrogen-bond donors (Lipinski definition) is 3. The Morgan fingerprint density at radius 3 is 2.36 bits per heavy atom. The third-order valence-corrected chi connectivity index (χ3v) is 6.37. The monoisotopic (exact) mass is 589 g/mol. The standard InChI is InChI=1S/C24H35N7O6.2ClH/c1-16(2)36-20(32)8-10-25-23(34)26-19-9-11-30(22(19)33)18-6-4-17(5-7-18)21-27-31(21)37-24(35)29-14-12-28(3)13-15-29;;/h4-7,16,19,21,27H,8-15H2,1-3H3,(H2,25,26,34);2*1H/t19-,21?,31?;;/m0../s1. The summed E-state index contributed by atoms with van der Waals surface area (Å²) in [7, 11) is 2.02. The molecule has 0 radical (unpaired) electrons. The van der Waals surface area contributed by atoms with Gasteiger partial charge >= 0.3 is 18.1 Å². The summed E-state index contributed by atoms with van der Waals surface area (Å²) in [5.74, 6) is -0.589. The highest BCUT2D eigenvalue weighted by Gasteiger charge is 2.41. The molecule has 3 N–H and O–H groups in total. The molecule has 0 aliphatic carbocycles. The second kappa shape index (κ2) is 14.5. The molecule has 0 bridgehead atoms. The van der Waals surface area contributed by atoms with Crippen LogP contribution in [0.5, 0.6) is 0 Å². The Kier molecular flexibility index (Phi) is 12.1. The zero-order valence-corrected chi connectivity index (χ0v) is 23.9. The Morgan fingerprint density at radius 1 is 1.05 bits per heavy atom. The Labute approximate surface area is 240 Å². The van der Waals surface area contributed by atoms with Gasteiger partial charge in [0.15, 0.2) is 6.17 Å². The van der Waals surface area contributed by atoms with Crippen molar-refractivity contribution < 1.29 is 28.8 Å². The van der Waals surface area contributed by atoms with E-state index in [1.165, 1.54) is 5.17 Å². The van der Waals surface area contributed by atoms with Crippen molar-refractivity contribution in [3.8, 4) is 0 Å². The summed E-state index contributed by atoms with van der Waals surface area (Å²) in [6.45, 7) is 7.02. The maximum atomic E-state index is 12.8. The number of carbonyl (C=O) groups excluding carboxylic acids is 4. The number of benzene rings is 1. The molecular formula is C24H37Cl2N7O6. The van der Waals surface area contributed by atoms with Gasteiger partial charge in [0.25, 0.3) is 0 Å². The van der Waals surface area contributed by atoms with E-state index in [0.717, 1.165) is 24.3 Å². The molecule has 3 atom stereocenters. The van der Waals surface area contributed by atoms with Crippen LogP contribution in [0.25, 0.3) is 0 Å². The van der Waals surface area contributed by atoms with Gasteiger partial charge in [-0.1, -0.05) is 12.1 Å². The van der Waals surface area contributed by atoms with Crippen LogP contribution in [0.4, 0.5) is 15.3 Å². The second-order valence-corrected chi connectivity index (χ2v) is 9.62. The number of halogens is 2. The van der Waals surface area contributed by atoms with Gasteiger partial charge in [0, 0.05) is 45.0 Å². The van der Waals surface area contributed by atoms with Gasteiger partial charge in [0.2, 0.25) is 5.91 Å². The number of carbonyl (C=O) groups is 4. The summed E-state index contributed by atoms with van der Waals surface area (Å²) in [6, 6.07) is 6.25. The average Bonchev–Trinajstić information content (AvgIpc) is 3.53. The fraction of sp³-hybridized carbons (Fsp3) is 0.583. The van der Waals surface area contributed by atoms with Crippen molar-refractivity contribution in [3.05, 3.63) is 29.8 Å². The van der Waals surface area contributed by atoms with E-state index < -0.39 is 12.1 Å². The second-order valence-electron chi connectivity index (χ2n) is 9.62. The van der Waals surface area contributed by atoms with Crippen LogP contribution in [0.3, 0.4) is 0 Å². The SMILES string of the molecule is CC(C)OC(=O)CCNC(=O)N[C@H]1CCN(c2ccc(C3NN3OC(=O)N3CCN(C)CC3)cc2)C1=O.Cl.Cl. The lowest BCUT2D eigenvalue weighted by atomic mass is 10.2. The number of anilines is 1. The highest BCUT2D eigenvalue weighted by molar-refractivity contribution is 6.01. The van der Waals surface area contributed by atoms with E-state index in [2.05, 4.69) is 21.0 Å². The van der Waals surface area contributed by atoms with Crippen molar-refractivity contribution >= 4 is 54.5 Å². The average molecular weight is 591 g/mol. The zero-order chi connectivity index (χ0) is 26.5. The van der Waals surface area contributed by atoms with Gasteiger partial charge in [-0.25, -0.2) is 9.59 Å². The first-order valence-corrected chi connectivity index (χ1v) is 12.6. The zero-order valence-electron chi connectivity index (χ0n) is 22.3. The number of ether oxygens (including phenoxy) is 1. The summed E-state index contributed by atoms with van der Waals surface area (Å²) in [4.78, 5) is 59.8. The van der Waals surface area contributed by atoms with Gasteiger partial charge in [-0.3, -0.25) is 9.59 Å². The fourth-order valence-corrected chi connectivity index (χ4v) is 4.22. The Hall–Kier alpha value is -2.84. The maximum Gasteiger partial charge on any atom is 0.430 e. The molecule has 13 nitrogen and oxygen atoms in total. The lowest BCUT2D eigenvalue weighted by Gasteiger charge is -2.31. The molecule has 3 heterocycles. The highest BCUT2D eigenvalue weighted by atomic mass is 35.5. The Bertz CT molecular complexity index is 1010. The number of urea groups is 1. The molecule has 3 aliphatic rings. The lowest BCUT2D eigenvalue weighted by molar-refractivity contribution is -0.147. The number of esters is 1. The smallest absolute Gasteiger partial charge is 0.430 e. The number of hydroxylamine groups is 1. The quantitative estimate of drug-likeness (QED) is 0.302. The largest absolute Gasteiger partial charge is 0.463 e. The van der Waals surface area contributed by atoms with E-state index in [9.17, 15) is 19.2 Å². The molecule has 2 unspecified atom stereocenters. The van der Waals surface area contributed by atoms with Gasteiger partial charge in [-0.15, -0.1) is 24.8 Å². The van der Waals surface area contributed by atoms with E-state index in [1.807, 2.05) is 31.3 Å². The minimum atomic E-state index is -0.642. The molecule has 3 aliphatic heterocycles. The fourth-order valence-electron chi connectivity index (χ4n) is 4.22. The molecule has 3 saturated heterocycles. The van der Waals surface area contributed by atoms with Crippen molar-refractivity contribution in [2.24, 2.45) is 0 Å². The molecule has 1 aromatic carbocycles. The summed E-state index contributed by atoms with van der Waals surface area (Å²) < 4.78 is 5.02. The minimum absolute atomic E-state index is 0. The van der Waals surface area contributed by atoms with Crippen LogP contribution in [0, 0.1) is 0 Å².